The number of esters is 4. The minimum absolute atomic E-state index is 0.0733. The van der Waals surface area contributed by atoms with Gasteiger partial charge in [0.15, 0.2) is 0 Å². The molecule has 0 unspecified atom stereocenters. The smallest absolute Gasteiger partial charge is 0.345 e. The van der Waals surface area contributed by atoms with Crippen LogP contribution in [0.5, 0.6) is 0 Å². The number of ether oxygens (including phenoxy) is 4. The van der Waals surface area contributed by atoms with Crippen molar-refractivity contribution in [2.45, 2.75) is 50.7 Å². The van der Waals surface area contributed by atoms with Gasteiger partial charge in [0.2, 0.25) is 5.91 Å². The first-order chi connectivity index (χ1) is 20.2. The second kappa shape index (κ2) is 12.1. The molecule has 13 heteroatoms. The number of hydrogen-bond acceptors (Lipinski definition) is 12. The van der Waals surface area contributed by atoms with Crippen molar-refractivity contribution >= 4 is 76.3 Å². The number of amides is 1. The summed E-state index contributed by atoms with van der Waals surface area (Å²) in [5.74, 6) is -3.33. The molecule has 3 aliphatic rings. The van der Waals surface area contributed by atoms with Crippen LogP contribution in [0, 0.1) is 12.8 Å². The van der Waals surface area contributed by atoms with Gasteiger partial charge in [0.1, 0.15) is 18.8 Å². The number of rotatable bonds is 6. The Morgan fingerprint density at radius 3 is 1.81 bits per heavy atom. The van der Waals surface area contributed by atoms with E-state index in [0.29, 0.717) is 21.7 Å². The number of hydrogen-bond donors (Lipinski definition) is 0. The molecule has 10 nitrogen and oxygen atoms in total. The SMILES string of the molecule is COC(=O)C1=C(C(=O)OC)SC2(S1)C(C(=O)OC)=C(C(=O)OC)SC1=C2c2ccc(C)cc2N(C(=O)CC(C)C)C1(C)C. The molecular weight excluding hydrogens is 615 g/mol. The number of nitrogens with zero attached hydrogens (tertiary/aromatic N) is 1. The van der Waals surface area contributed by atoms with Crippen molar-refractivity contribution in [2.75, 3.05) is 33.3 Å². The Labute approximate surface area is 262 Å². The zero-order chi connectivity index (χ0) is 32.0. The Morgan fingerprint density at radius 2 is 1.33 bits per heavy atom. The summed E-state index contributed by atoms with van der Waals surface area (Å²) in [6, 6.07) is 5.62. The third-order valence-corrected chi connectivity index (χ3v) is 11.8. The molecule has 43 heavy (non-hydrogen) atoms. The van der Waals surface area contributed by atoms with Crippen LogP contribution < -0.4 is 4.90 Å². The molecule has 0 N–H and O–H groups in total. The van der Waals surface area contributed by atoms with Gasteiger partial charge in [-0.25, -0.2) is 19.2 Å². The summed E-state index contributed by atoms with van der Waals surface area (Å²) in [5.41, 5.74) is 1.51. The highest BCUT2D eigenvalue weighted by atomic mass is 32.2. The maximum Gasteiger partial charge on any atom is 0.345 e. The van der Waals surface area contributed by atoms with Crippen molar-refractivity contribution in [2.24, 2.45) is 5.92 Å². The monoisotopic (exact) mass is 647 g/mol. The van der Waals surface area contributed by atoms with Crippen LogP contribution in [-0.4, -0.2) is 67.8 Å². The van der Waals surface area contributed by atoms with Crippen molar-refractivity contribution in [3.63, 3.8) is 0 Å². The molecule has 0 radical (unpaired) electrons. The van der Waals surface area contributed by atoms with Gasteiger partial charge in [0.05, 0.1) is 45.2 Å². The maximum atomic E-state index is 13.9. The van der Waals surface area contributed by atoms with E-state index in [1.165, 1.54) is 28.4 Å². The zero-order valence-electron chi connectivity index (χ0n) is 25.4. The lowest BCUT2D eigenvalue weighted by atomic mass is 9.82. The van der Waals surface area contributed by atoms with Gasteiger partial charge in [-0.15, -0.1) is 0 Å². The van der Waals surface area contributed by atoms with Gasteiger partial charge in [-0.2, -0.15) is 0 Å². The molecule has 1 aromatic rings. The van der Waals surface area contributed by atoms with Crippen molar-refractivity contribution < 1.29 is 42.9 Å². The maximum absolute atomic E-state index is 13.9. The minimum Gasteiger partial charge on any atom is -0.466 e. The van der Waals surface area contributed by atoms with Crippen molar-refractivity contribution in [1.29, 1.82) is 0 Å². The first kappa shape index (κ1) is 32.7. The molecule has 0 aliphatic carbocycles. The quantitative estimate of drug-likeness (QED) is 0.306. The largest absolute Gasteiger partial charge is 0.466 e. The minimum atomic E-state index is -1.60. The second-order valence-corrected chi connectivity index (χ2v) is 14.6. The number of fused-ring (bicyclic) bond motifs is 3. The summed E-state index contributed by atoms with van der Waals surface area (Å²) in [6.07, 6.45) is 0.270. The molecule has 4 rings (SSSR count). The van der Waals surface area contributed by atoms with Gasteiger partial charge in [-0.1, -0.05) is 61.3 Å². The van der Waals surface area contributed by atoms with Gasteiger partial charge >= 0.3 is 23.9 Å². The Hall–Kier alpha value is -3.16. The van der Waals surface area contributed by atoms with Gasteiger partial charge in [-0.05, 0) is 38.3 Å². The fourth-order valence-electron chi connectivity index (χ4n) is 5.31. The molecule has 3 heterocycles. The molecular formula is C30H33NO9S3. The first-order valence-corrected chi connectivity index (χ1v) is 15.7. The van der Waals surface area contributed by atoms with E-state index < -0.39 is 33.5 Å². The van der Waals surface area contributed by atoms with Crippen LogP contribution >= 0.6 is 35.3 Å². The van der Waals surface area contributed by atoms with Crippen molar-refractivity contribution in [3.05, 3.63) is 54.5 Å². The second-order valence-electron chi connectivity index (χ2n) is 10.9. The molecule has 0 bridgehead atoms. The van der Waals surface area contributed by atoms with Crippen LogP contribution in [-0.2, 0) is 42.9 Å². The number of carbonyl (C=O) groups is 5. The fourth-order valence-corrected chi connectivity index (χ4v) is 10.4. The van der Waals surface area contributed by atoms with E-state index in [4.69, 9.17) is 18.9 Å². The van der Waals surface area contributed by atoms with E-state index in [-0.39, 0.29) is 38.5 Å². The lowest BCUT2D eigenvalue weighted by molar-refractivity contribution is -0.138. The standard InChI is InChI=1S/C30H33NO9S3/c1-14(2)12-18(32)31-17-13-15(3)10-11-16(17)19-24(29(31,4)5)41-21(26(34)38-7)20(25(33)37-6)30(19)42-22(27(35)39-8)23(43-30)28(36)40-9/h10-11,13-14H,12H2,1-9H3. The molecule has 1 amide bonds. The molecule has 3 aliphatic heterocycles. The molecule has 0 saturated carbocycles. The molecule has 1 aromatic carbocycles. The van der Waals surface area contributed by atoms with Gasteiger partial charge in [-0.3, -0.25) is 4.79 Å². The summed E-state index contributed by atoms with van der Waals surface area (Å²) in [4.78, 5) is 69.2. The van der Waals surface area contributed by atoms with E-state index in [0.717, 1.165) is 40.8 Å². The summed E-state index contributed by atoms with van der Waals surface area (Å²) >= 11 is 2.82. The predicted octanol–water partition coefficient (Wildman–Crippen LogP) is 4.96. The predicted molar refractivity (Wildman–Crippen MR) is 167 cm³/mol. The Balaban J connectivity index is 2.16. The fraction of sp³-hybridized carbons (Fsp3) is 0.433. The lowest BCUT2D eigenvalue weighted by Gasteiger charge is -2.51. The van der Waals surface area contributed by atoms with Gasteiger partial charge < -0.3 is 23.8 Å². The van der Waals surface area contributed by atoms with Crippen LogP contribution in [0.3, 0.4) is 0 Å². The van der Waals surface area contributed by atoms with Crippen LogP contribution in [0.2, 0.25) is 0 Å². The average molecular weight is 648 g/mol. The third kappa shape index (κ3) is 5.29. The molecule has 1 spiro atoms. The van der Waals surface area contributed by atoms with E-state index in [2.05, 4.69) is 0 Å². The molecule has 0 atom stereocenters. The summed E-state index contributed by atoms with van der Waals surface area (Å²) in [5, 5.41) is 0. The van der Waals surface area contributed by atoms with Crippen molar-refractivity contribution in [1.82, 2.24) is 0 Å². The highest BCUT2D eigenvalue weighted by Crippen LogP contribution is 2.71. The van der Waals surface area contributed by atoms with Crippen LogP contribution in [0.4, 0.5) is 5.69 Å². The molecule has 230 valence electrons. The number of benzene rings is 1. The average Bonchev–Trinajstić information content (AvgIpc) is 3.35. The number of thioether (sulfide) groups is 3. The third-order valence-electron chi connectivity index (χ3n) is 7.13. The number of aryl methyl sites for hydroxylation is 1. The number of carbonyl (C=O) groups excluding carboxylic acids is 5. The Kier molecular flexibility index (Phi) is 9.20. The molecule has 0 aromatic heterocycles. The topological polar surface area (TPSA) is 126 Å². The van der Waals surface area contributed by atoms with E-state index in [1.54, 1.807) is 4.90 Å². The van der Waals surface area contributed by atoms with Crippen molar-refractivity contribution in [3.8, 4) is 0 Å². The van der Waals surface area contributed by atoms with Gasteiger partial charge in [0, 0.05) is 22.5 Å². The van der Waals surface area contributed by atoms with E-state index >= 15 is 0 Å². The van der Waals surface area contributed by atoms with E-state index in [1.807, 2.05) is 52.8 Å². The summed E-state index contributed by atoms with van der Waals surface area (Å²) in [6.45, 7) is 9.56. The summed E-state index contributed by atoms with van der Waals surface area (Å²) < 4.78 is 18.8. The number of anilines is 1. The zero-order valence-corrected chi connectivity index (χ0v) is 27.8. The Bertz CT molecular complexity index is 1510. The highest BCUT2D eigenvalue weighted by molar-refractivity contribution is 8.26. The molecule has 0 fully saturated rings. The van der Waals surface area contributed by atoms with Gasteiger partial charge in [0.25, 0.3) is 0 Å². The van der Waals surface area contributed by atoms with Crippen LogP contribution in [0.25, 0.3) is 5.57 Å². The Morgan fingerprint density at radius 1 is 0.814 bits per heavy atom. The number of methoxy groups -OCH3 is 4. The highest BCUT2D eigenvalue weighted by Gasteiger charge is 2.61. The van der Waals surface area contributed by atoms with E-state index in [9.17, 15) is 24.0 Å². The first-order valence-electron chi connectivity index (χ1n) is 13.3. The summed E-state index contributed by atoms with van der Waals surface area (Å²) in [7, 11) is 4.73. The normalized spacial score (nSPS) is 18.4. The van der Waals surface area contributed by atoms with Crippen LogP contribution in [0.15, 0.2) is 43.4 Å². The van der Waals surface area contributed by atoms with Crippen LogP contribution in [0.1, 0.15) is 45.2 Å². The lowest BCUT2D eigenvalue weighted by Crippen LogP contribution is -2.54. The molecule has 0 saturated heterocycles.